The van der Waals surface area contributed by atoms with Crippen LogP contribution in [0.2, 0.25) is 0 Å². The van der Waals surface area contributed by atoms with Crippen LogP contribution in [0.15, 0.2) is 19.3 Å². The molecule has 0 atom stereocenters. The topological polar surface area (TPSA) is 0 Å². The minimum absolute atomic E-state index is 0.614. The van der Waals surface area contributed by atoms with Crippen LogP contribution in [0.3, 0.4) is 0 Å². The molecule has 9 heavy (non-hydrogen) atoms. The van der Waals surface area contributed by atoms with Crippen molar-refractivity contribution in [2.24, 2.45) is 0 Å². The monoisotopic (exact) mass is 312 g/mol. The second kappa shape index (κ2) is 8.42. The Labute approximate surface area is 70.5 Å². The van der Waals surface area contributed by atoms with Gasteiger partial charge in [-0.25, -0.2) is 0 Å². The van der Waals surface area contributed by atoms with E-state index in [-0.39, 0.29) is 0 Å². The second-order valence-corrected chi connectivity index (χ2v) is 7.49. The number of hydrogen-bond donors (Lipinski definition) is 0. The molecule has 48 valence electrons. The summed E-state index contributed by atoms with van der Waals surface area (Å²) in [5.74, 6) is 0. The van der Waals surface area contributed by atoms with E-state index in [0.29, 0.717) is 0 Å². The molecule has 0 rings (SSSR count). The summed E-state index contributed by atoms with van der Waals surface area (Å²) in [6, 6.07) is 0. The van der Waals surface area contributed by atoms with E-state index in [1.807, 2.05) is 0 Å². The van der Waals surface area contributed by atoms with Gasteiger partial charge in [-0.1, -0.05) is 0 Å². The normalized spacial score (nSPS) is 10.9. The van der Waals surface area contributed by atoms with Crippen LogP contribution in [-0.4, -0.2) is 0 Å². The maximum atomic E-state index is 2.42. The van der Waals surface area contributed by atoms with Gasteiger partial charge >= 0.3 is 70.6 Å². The summed E-state index contributed by atoms with van der Waals surface area (Å²) in [4.78, 5) is 0. The number of hydrogen-bond acceptors (Lipinski definition) is 0. The quantitative estimate of drug-likeness (QED) is 0.701. The minimum atomic E-state index is -0.614. The number of rotatable bonds is 4. The molecule has 1 heteroatoms. The standard InChI is InChI=1S/2C4H7.Hg/c2*1-3-4-2;/h2*1,3H,4H2,2H3;. The Morgan fingerprint density at radius 2 is 1.44 bits per heavy atom. The zero-order valence-corrected chi connectivity index (χ0v) is 11.9. The fraction of sp³-hybridized carbons (Fsp3) is 0.500. The van der Waals surface area contributed by atoms with Crippen molar-refractivity contribution in [3.05, 3.63) is 19.3 Å². The molecule has 0 fully saturated rings. The van der Waals surface area contributed by atoms with Gasteiger partial charge in [0.2, 0.25) is 0 Å². The van der Waals surface area contributed by atoms with Gasteiger partial charge in [-0.05, 0) is 0 Å². The van der Waals surface area contributed by atoms with Crippen LogP contribution in [0.25, 0.3) is 0 Å². The van der Waals surface area contributed by atoms with Crippen molar-refractivity contribution in [1.82, 2.24) is 0 Å². The first-order chi connectivity index (χ1) is 4.41. The molecule has 0 aromatic rings. The summed E-state index contributed by atoms with van der Waals surface area (Å²) < 4.78 is 4.85. The fourth-order valence-electron chi connectivity index (χ4n) is 0.604. The fourth-order valence-corrected chi connectivity index (χ4v) is 5.30. The Bertz CT molecular complexity index is 80.7. The molecule has 0 bridgehead atoms. The van der Waals surface area contributed by atoms with Crippen LogP contribution in [0.4, 0.5) is 0 Å². The molecule has 0 saturated carbocycles. The molecule has 0 aromatic carbocycles. The Balaban J connectivity index is 3.08. The molecular formula is C8H14Hg. The molecule has 0 nitrogen and oxygen atoms in total. The van der Waals surface area contributed by atoms with Crippen LogP contribution in [0, 0.1) is 0 Å². The van der Waals surface area contributed by atoms with E-state index in [9.17, 15) is 0 Å². The van der Waals surface area contributed by atoms with Crippen molar-refractivity contribution >= 4 is 0 Å². The molecule has 0 unspecified atom stereocenters. The van der Waals surface area contributed by atoms with Gasteiger partial charge in [-0.2, -0.15) is 0 Å². The number of allylic oxidation sites excluding steroid dienone is 2. The van der Waals surface area contributed by atoms with E-state index in [1.54, 1.807) is 0 Å². The molecule has 0 aliphatic heterocycles. The van der Waals surface area contributed by atoms with Crippen LogP contribution in [-0.2, 0) is 24.6 Å². The van der Waals surface area contributed by atoms with Crippen molar-refractivity contribution in [2.75, 3.05) is 0 Å². The summed E-state index contributed by atoms with van der Waals surface area (Å²) in [6.07, 6.45) is 7.00. The summed E-state index contributed by atoms with van der Waals surface area (Å²) in [5.41, 5.74) is 0. The van der Waals surface area contributed by atoms with E-state index in [1.165, 1.54) is 12.8 Å². The maximum absolute atomic E-state index is 2.42. The molecule has 0 saturated heterocycles. The van der Waals surface area contributed by atoms with Crippen LogP contribution >= 0.6 is 0 Å². The van der Waals surface area contributed by atoms with Gasteiger partial charge in [0.25, 0.3) is 0 Å². The third-order valence-corrected chi connectivity index (χ3v) is 5.78. The first kappa shape index (κ1) is 9.42. The Hall–Kier alpha value is 0.415. The van der Waals surface area contributed by atoms with Gasteiger partial charge in [0.15, 0.2) is 0 Å². The van der Waals surface area contributed by atoms with Gasteiger partial charge in [0.05, 0.1) is 0 Å². The zero-order chi connectivity index (χ0) is 6.95. The molecule has 0 aliphatic carbocycles. The first-order valence-electron chi connectivity index (χ1n) is 3.71. The average Bonchev–Trinajstić information content (AvgIpc) is 1.89. The van der Waals surface area contributed by atoms with Crippen molar-refractivity contribution in [3.63, 3.8) is 0 Å². The summed E-state index contributed by atoms with van der Waals surface area (Å²) in [5, 5.41) is 0. The van der Waals surface area contributed by atoms with Crippen LogP contribution in [0.5, 0.6) is 0 Å². The molecule has 0 heterocycles. The predicted octanol–water partition coefficient (Wildman–Crippen LogP) is 2.92. The van der Waals surface area contributed by atoms with Gasteiger partial charge in [-0.15, -0.1) is 0 Å². The molecule has 0 aromatic heterocycles. The third kappa shape index (κ3) is 8.42. The van der Waals surface area contributed by atoms with Crippen LogP contribution in [0.1, 0.15) is 26.7 Å². The molecule has 0 amide bonds. The van der Waals surface area contributed by atoms with E-state index >= 15 is 0 Å². The molecule has 0 spiro atoms. The van der Waals surface area contributed by atoms with Gasteiger partial charge in [0.1, 0.15) is 0 Å². The Morgan fingerprint density at radius 1 is 1.00 bits per heavy atom. The van der Waals surface area contributed by atoms with Gasteiger partial charge in [-0.3, -0.25) is 0 Å². The summed E-state index contributed by atoms with van der Waals surface area (Å²) in [7, 11) is 0. The Kier molecular flexibility index (Phi) is 8.80. The molecule has 0 N–H and O–H groups in total. The zero-order valence-electron chi connectivity index (χ0n) is 6.43. The van der Waals surface area contributed by atoms with Crippen LogP contribution < -0.4 is 0 Å². The summed E-state index contributed by atoms with van der Waals surface area (Å²) >= 11 is -0.614. The van der Waals surface area contributed by atoms with E-state index < -0.39 is 24.6 Å². The molecule has 0 aliphatic rings. The average molecular weight is 311 g/mol. The van der Waals surface area contributed by atoms with Crippen molar-refractivity contribution in [3.8, 4) is 0 Å². The van der Waals surface area contributed by atoms with Crippen molar-refractivity contribution in [1.29, 1.82) is 0 Å². The van der Waals surface area contributed by atoms with E-state index in [2.05, 4.69) is 33.2 Å². The first-order valence-corrected chi connectivity index (χ1v) is 10.1. The van der Waals surface area contributed by atoms with Gasteiger partial charge in [0, 0.05) is 0 Å². The van der Waals surface area contributed by atoms with Gasteiger partial charge < -0.3 is 0 Å². The second-order valence-electron chi connectivity index (χ2n) is 2.00. The Morgan fingerprint density at radius 3 is 1.78 bits per heavy atom. The van der Waals surface area contributed by atoms with E-state index in [4.69, 9.17) is 0 Å². The predicted molar refractivity (Wildman–Crippen MR) is 38.9 cm³/mol. The summed E-state index contributed by atoms with van der Waals surface area (Å²) in [6.45, 7) is 4.38. The van der Waals surface area contributed by atoms with E-state index in [0.717, 1.165) is 0 Å². The SMILES string of the molecule is CCC=[CH][Hg][CH]=CCC. The van der Waals surface area contributed by atoms with Crippen molar-refractivity contribution < 1.29 is 24.6 Å². The van der Waals surface area contributed by atoms with Crippen molar-refractivity contribution in [2.45, 2.75) is 26.7 Å². The molecule has 0 radical (unpaired) electrons. The molecular weight excluding hydrogens is 297 g/mol. The third-order valence-electron chi connectivity index (χ3n) is 1.08.